The first-order chi connectivity index (χ1) is 15.1. The van der Waals surface area contributed by atoms with Gasteiger partial charge in [0.25, 0.3) is 0 Å². The van der Waals surface area contributed by atoms with Gasteiger partial charge in [-0.05, 0) is 87.8 Å². The molecule has 1 saturated heterocycles. The van der Waals surface area contributed by atoms with E-state index in [4.69, 9.17) is 17.0 Å². The van der Waals surface area contributed by atoms with E-state index in [0.717, 1.165) is 41.8 Å². The summed E-state index contributed by atoms with van der Waals surface area (Å²) < 4.78 is 7.56. The predicted molar refractivity (Wildman–Crippen MR) is 128 cm³/mol. The Balaban J connectivity index is 1.72. The second kappa shape index (κ2) is 9.49. The number of methoxy groups -OCH3 is 1. The van der Waals surface area contributed by atoms with Crippen LogP contribution in [0.1, 0.15) is 29.9 Å². The summed E-state index contributed by atoms with van der Waals surface area (Å²) in [5, 5.41) is 4.32. The van der Waals surface area contributed by atoms with Crippen LogP contribution in [0.4, 0.5) is 0 Å². The van der Waals surface area contributed by atoms with Gasteiger partial charge in [0, 0.05) is 30.3 Å². The van der Waals surface area contributed by atoms with E-state index in [-0.39, 0.29) is 12.1 Å². The van der Waals surface area contributed by atoms with Crippen molar-refractivity contribution in [2.75, 3.05) is 34.3 Å². The van der Waals surface area contributed by atoms with E-state index in [1.54, 1.807) is 7.11 Å². The predicted octanol–water partition coefficient (Wildman–Crippen LogP) is 3.81. The lowest BCUT2D eigenvalue weighted by Gasteiger charge is -2.29. The van der Waals surface area contributed by atoms with Gasteiger partial charge >= 0.3 is 0 Å². The number of benzene rings is 1. The zero-order valence-electron chi connectivity index (χ0n) is 18.2. The number of rotatable bonds is 8. The highest BCUT2D eigenvalue weighted by Gasteiger charge is 2.40. The van der Waals surface area contributed by atoms with Crippen molar-refractivity contribution >= 4 is 17.3 Å². The molecule has 0 saturated carbocycles. The molecule has 2 aromatic heterocycles. The third-order valence-corrected chi connectivity index (χ3v) is 5.99. The van der Waals surface area contributed by atoms with Gasteiger partial charge in [-0.3, -0.25) is 4.98 Å². The molecule has 4 rings (SSSR count). The number of nitrogens with one attached hydrogen (secondary N) is 1. The van der Waals surface area contributed by atoms with Gasteiger partial charge in [-0.1, -0.05) is 6.07 Å². The highest BCUT2D eigenvalue weighted by atomic mass is 32.1. The second-order valence-corrected chi connectivity index (χ2v) is 8.36. The van der Waals surface area contributed by atoms with E-state index in [0.29, 0.717) is 0 Å². The van der Waals surface area contributed by atoms with Crippen molar-refractivity contribution in [3.8, 4) is 11.4 Å². The van der Waals surface area contributed by atoms with Gasteiger partial charge in [0.05, 0.1) is 24.9 Å². The van der Waals surface area contributed by atoms with Gasteiger partial charge in [0.15, 0.2) is 5.11 Å². The van der Waals surface area contributed by atoms with Crippen LogP contribution >= 0.6 is 12.2 Å². The fourth-order valence-corrected chi connectivity index (χ4v) is 4.47. The Kier molecular flexibility index (Phi) is 6.53. The zero-order valence-corrected chi connectivity index (χ0v) is 19.0. The third kappa shape index (κ3) is 4.57. The molecule has 0 spiro atoms. The van der Waals surface area contributed by atoms with Crippen molar-refractivity contribution in [1.82, 2.24) is 24.7 Å². The number of pyridine rings is 1. The molecule has 0 aliphatic carbocycles. The molecule has 0 bridgehead atoms. The lowest BCUT2D eigenvalue weighted by Crippen LogP contribution is -2.32. The molecule has 2 unspecified atom stereocenters. The van der Waals surface area contributed by atoms with Gasteiger partial charge in [-0.2, -0.15) is 0 Å². The van der Waals surface area contributed by atoms with Crippen LogP contribution in [0, 0.1) is 0 Å². The van der Waals surface area contributed by atoms with Crippen molar-refractivity contribution in [2.24, 2.45) is 0 Å². The topological polar surface area (TPSA) is 45.6 Å². The van der Waals surface area contributed by atoms with Crippen LogP contribution in [0.2, 0.25) is 0 Å². The smallest absolute Gasteiger partial charge is 0.170 e. The first-order valence-corrected chi connectivity index (χ1v) is 10.9. The Labute approximate surface area is 189 Å². The lowest BCUT2D eigenvalue weighted by molar-refractivity contribution is 0.286. The summed E-state index contributed by atoms with van der Waals surface area (Å²) in [7, 11) is 5.89. The summed E-state index contributed by atoms with van der Waals surface area (Å²) in [6.45, 7) is 1.89. The summed E-state index contributed by atoms with van der Waals surface area (Å²) in [6.07, 6.45) is 4.98. The Bertz CT molecular complexity index is 1000. The highest BCUT2D eigenvalue weighted by molar-refractivity contribution is 7.80. The molecule has 31 heavy (non-hydrogen) atoms. The number of hydrogen-bond donors (Lipinski definition) is 1. The summed E-state index contributed by atoms with van der Waals surface area (Å²) in [5.74, 6) is 0.845. The van der Waals surface area contributed by atoms with Crippen LogP contribution in [0.3, 0.4) is 0 Å². The first kappa shape index (κ1) is 21.3. The van der Waals surface area contributed by atoms with Crippen LogP contribution in [0.25, 0.3) is 5.69 Å². The van der Waals surface area contributed by atoms with Crippen molar-refractivity contribution < 1.29 is 4.74 Å². The van der Waals surface area contributed by atoms with Gasteiger partial charge in [0.1, 0.15) is 5.75 Å². The number of thiocarbonyl (C=S) groups is 1. The van der Waals surface area contributed by atoms with Crippen LogP contribution < -0.4 is 10.1 Å². The molecule has 1 aliphatic heterocycles. The molecule has 162 valence electrons. The van der Waals surface area contributed by atoms with E-state index < -0.39 is 0 Å². The van der Waals surface area contributed by atoms with Gasteiger partial charge in [0.2, 0.25) is 0 Å². The van der Waals surface area contributed by atoms with Gasteiger partial charge in [-0.15, -0.1) is 0 Å². The maximum absolute atomic E-state index is 5.79. The molecule has 2 atom stereocenters. The second-order valence-electron chi connectivity index (χ2n) is 7.98. The standard InChI is InChI=1S/C24H29N5OS/c1-27(2)15-7-17-29-23(22(26-24(29)31)20-8-4-5-14-25-20)21-9-6-16-28(21)18-10-12-19(30-3)13-11-18/h4-6,8-14,16,22-23H,7,15,17H2,1-3H3,(H,26,31). The van der Waals surface area contributed by atoms with Crippen LogP contribution in [-0.4, -0.2) is 58.8 Å². The van der Waals surface area contributed by atoms with Crippen LogP contribution in [0.5, 0.6) is 5.75 Å². The summed E-state index contributed by atoms with van der Waals surface area (Å²) in [5.41, 5.74) is 3.26. The minimum Gasteiger partial charge on any atom is -0.497 e. The molecular formula is C24H29N5OS. The minimum atomic E-state index is -0.0139. The number of aromatic nitrogens is 2. The van der Waals surface area contributed by atoms with Gasteiger partial charge < -0.3 is 24.4 Å². The Morgan fingerprint density at radius 1 is 1.10 bits per heavy atom. The fourth-order valence-electron chi connectivity index (χ4n) is 4.14. The minimum absolute atomic E-state index is 0.0139. The molecule has 1 aliphatic rings. The largest absolute Gasteiger partial charge is 0.497 e. The average molecular weight is 436 g/mol. The quantitative estimate of drug-likeness (QED) is 0.543. The molecular weight excluding hydrogens is 406 g/mol. The van der Waals surface area contributed by atoms with Crippen molar-refractivity contribution in [3.05, 3.63) is 78.4 Å². The summed E-state index contributed by atoms with van der Waals surface area (Å²) in [4.78, 5) is 9.16. The first-order valence-electron chi connectivity index (χ1n) is 10.5. The van der Waals surface area contributed by atoms with Crippen LogP contribution in [-0.2, 0) is 0 Å². The molecule has 1 fully saturated rings. The molecule has 0 amide bonds. The summed E-state index contributed by atoms with van der Waals surface area (Å²) in [6, 6.07) is 18.5. The Morgan fingerprint density at radius 3 is 2.58 bits per heavy atom. The van der Waals surface area contributed by atoms with E-state index in [2.05, 4.69) is 75.3 Å². The zero-order chi connectivity index (χ0) is 21.8. The maximum atomic E-state index is 5.79. The molecule has 3 heterocycles. The number of hydrogen-bond acceptors (Lipinski definition) is 4. The molecule has 1 N–H and O–H groups in total. The van der Waals surface area contributed by atoms with E-state index in [9.17, 15) is 0 Å². The molecule has 0 radical (unpaired) electrons. The Morgan fingerprint density at radius 2 is 1.90 bits per heavy atom. The number of ether oxygens (including phenoxy) is 1. The monoisotopic (exact) mass is 435 g/mol. The van der Waals surface area contributed by atoms with E-state index in [1.807, 2.05) is 30.5 Å². The average Bonchev–Trinajstić information content (AvgIpc) is 3.39. The molecule has 3 aromatic rings. The normalized spacial score (nSPS) is 18.5. The highest BCUT2D eigenvalue weighted by Crippen LogP contribution is 2.39. The van der Waals surface area contributed by atoms with E-state index in [1.165, 1.54) is 5.69 Å². The van der Waals surface area contributed by atoms with Crippen molar-refractivity contribution in [3.63, 3.8) is 0 Å². The SMILES string of the molecule is COc1ccc(-n2cccc2C2C(c3ccccn3)NC(=S)N2CCCN(C)C)cc1. The summed E-state index contributed by atoms with van der Waals surface area (Å²) >= 11 is 5.79. The van der Waals surface area contributed by atoms with Gasteiger partial charge in [-0.25, -0.2) is 0 Å². The lowest BCUT2D eigenvalue weighted by atomic mass is 10.0. The number of nitrogens with zero attached hydrogens (tertiary/aromatic N) is 4. The van der Waals surface area contributed by atoms with E-state index >= 15 is 0 Å². The molecule has 6 nitrogen and oxygen atoms in total. The Hall–Kier alpha value is -2.90. The van der Waals surface area contributed by atoms with Crippen molar-refractivity contribution in [1.29, 1.82) is 0 Å². The molecule has 7 heteroatoms. The maximum Gasteiger partial charge on any atom is 0.170 e. The van der Waals surface area contributed by atoms with Crippen LogP contribution in [0.15, 0.2) is 67.0 Å². The third-order valence-electron chi connectivity index (χ3n) is 5.64. The fraction of sp³-hybridized carbons (Fsp3) is 0.333. The van der Waals surface area contributed by atoms with Crippen molar-refractivity contribution in [2.45, 2.75) is 18.5 Å². The molecule has 1 aromatic carbocycles.